The van der Waals surface area contributed by atoms with E-state index in [1.807, 2.05) is 65.4 Å². The third kappa shape index (κ3) is 7.80. The number of nitrogens with one attached hydrogen (secondary N) is 3. The standard InChI is InChI=1S/C26H26N4O4S3/c1-17(31)27-22(15-18-6-3-2-4-7-18)25(32)28-21(14-19-9-11-20(12-10-19)30-37(33)34)23-16-36-26(29-23)24-8-5-13-35-24/h2-13,16,21-22,30H,14-15H2,1H3,(H,27,31)(H,28,32)(H,33,34)/t21-,22-/m1/s1. The lowest BCUT2D eigenvalue weighted by Gasteiger charge is -2.23. The summed E-state index contributed by atoms with van der Waals surface area (Å²) < 4.78 is 22.5. The first-order chi connectivity index (χ1) is 17.9. The van der Waals surface area contributed by atoms with Crippen molar-refractivity contribution in [3.8, 4) is 9.88 Å². The fourth-order valence-electron chi connectivity index (χ4n) is 3.81. The first-order valence-corrected chi connectivity index (χ1v) is 14.3. The number of nitrogens with zero attached hydrogens (tertiary/aromatic N) is 1. The van der Waals surface area contributed by atoms with E-state index in [1.54, 1.807) is 23.5 Å². The number of thiophene rings is 1. The maximum atomic E-state index is 13.4. The molecular formula is C26H26N4O4S3. The average Bonchev–Trinajstić information content (AvgIpc) is 3.57. The van der Waals surface area contributed by atoms with Crippen LogP contribution in [0.1, 0.15) is 29.8 Å². The van der Waals surface area contributed by atoms with Gasteiger partial charge in [-0.3, -0.25) is 18.9 Å². The summed E-state index contributed by atoms with van der Waals surface area (Å²) in [6, 6.07) is 19.4. The van der Waals surface area contributed by atoms with Gasteiger partial charge < -0.3 is 10.6 Å². The van der Waals surface area contributed by atoms with Gasteiger partial charge in [0, 0.05) is 24.4 Å². The van der Waals surface area contributed by atoms with Crippen molar-refractivity contribution in [2.24, 2.45) is 0 Å². The van der Waals surface area contributed by atoms with Gasteiger partial charge in [0.2, 0.25) is 11.8 Å². The van der Waals surface area contributed by atoms with Gasteiger partial charge in [-0.25, -0.2) is 9.19 Å². The van der Waals surface area contributed by atoms with E-state index >= 15 is 0 Å². The fraction of sp³-hybridized carbons (Fsp3) is 0.192. The third-order valence-corrected chi connectivity index (χ3v) is 7.81. The summed E-state index contributed by atoms with van der Waals surface area (Å²) in [6.07, 6.45) is 0.801. The van der Waals surface area contributed by atoms with Gasteiger partial charge in [-0.05, 0) is 41.1 Å². The molecule has 4 aromatic rings. The molecule has 0 aliphatic carbocycles. The zero-order valence-corrected chi connectivity index (χ0v) is 22.4. The highest BCUT2D eigenvalue weighted by molar-refractivity contribution is 7.80. The monoisotopic (exact) mass is 554 g/mol. The SMILES string of the molecule is CC(=O)N[C@H](Cc1ccccc1)C(=O)N[C@H](Cc1ccc(NS(=O)O)cc1)c1csc(-c2cccs2)n1. The van der Waals surface area contributed by atoms with Gasteiger partial charge in [-0.15, -0.1) is 22.7 Å². The van der Waals surface area contributed by atoms with Crippen molar-refractivity contribution in [1.82, 2.24) is 15.6 Å². The highest BCUT2D eigenvalue weighted by atomic mass is 32.2. The van der Waals surface area contributed by atoms with Crippen molar-refractivity contribution in [3.63, 3.8) is 0 Å². The Balaban J connectivity index is 1.58. The van der Waals surface area contributed by atoms with Crippen LogP contribution in [0.15, 0.2) is 77.5 Å². The van der Waals surface area contributed by atoms with Crippen molar-refractivity contribution in [2.45, 2.75) is 31.8 Å². The molecule has 2 heterocycles. The van der Waals surface area contributed by atoms with Crippen LogP contribution < -0.4 is 15.4 Å². The number of benzene rings is 2. The molecule has 0 bridgehead atoms. The fourth-order valence-corrected chi connectivity index (χ4v) is 5.84. The van der Waals surface area contributed by atoms with Gasteiger partial charge in [-0.1, -0.05) is 48.5 Å². The summed E-state index contributed by atoms with van der Waals surface area (Å²) in [4.78, 5) is 31.2. The third-order valence-electron chi connectivity index (χ3n) is 5.50. The minimum absolute atomic E-state index is 0.286. The van der Waals surface area contributed by atoms with E-state index in [-0.39, 0.29) is 11.8 Å². The zero-order chi connectivity index (χ0) is 26.2. The molecule has 4 N–H and O–H groups in total. The lowest BCUT2D eigenvalue weighted by atomic mass is 10.0. The smallest absolute Gasteiger partial charge is 0.259 e. The molecule has 4 rings (SSSR count). The Morgan fingerprint density at radius 1 is 0.946 bits per heavy atom. The van der Waals surface area contributed by atoms with Gasteiger partial charge in [0.1, 0.15) is 11.0 Å². The number of aromatic nitrogens is 1. The maximum Gasteiger partial charge on any atom is 0.259 e. The summed E-state index contributed by atoms with van der Waals surface area (Å²) in [6.45, 7) is 1.39. The number of carbonyl (C=O) groups is 2. The molecule has 2 amide bonds. The van der Waals surface area contributed by atoms with Gasteiger partial charge in [0.15, 0.2) is 0 Å². The van der Waals surface area contributed by atoms with Gasteiger partial charge in [-0.2, -0.15) is 0 Å². The summed E-state index contributed by atoms with van der Waals surface area (Å²) >= 11 is 0.950. The van der Waals surface area contributed by atoms with Crippen LogP contribution in [0.25, 0.3) is 9.88 Å². The number of amides is 2. The predicted molar refractivity (Wildman–Crippen MR) is 149 cm³/mol. The minimum atomic E-state index is -2.16. The number of carbonyl (C=O) groups excluding carboxylic acids is 2. The summed E-state index contributed by atoms with van der Waals surface area (Å²) in [5.41, 5.74) is 3.07. The van der Waals surface area contributed by atoms with Crippen LogP contribution in [0.4, 0.5) is 5.69 Å². The van der Waals surface area contributed by atoms with Gasteiger partial charge >= 0.3 is 0 Å². The Hall–Kier alpha value is -3.38. The molecule has 0 saturated carbocycles. The van der Waals surface area contributed by atoms with Crippen molar-refractivity contribution < 1.29 is 18.4 Å². The first-order valence-electron chi connectivity index (χ1n) is 11.4. The van der Waals surface area contributed by atoms with Gasteiger partial charge in [0.05, 0.1) is 16.6 Å². The van der Waals surface area contributed by atoms with Crippen LogP contribution in [0, 0.1) is 0 Å². The molecule has 3 atom stereocenters. The molecule has 0 spiro atoms. The van der Waals surface area contributed by atoms with E-state index in [1.165, 1.54) is 18.3 Å². The number of anilines is 1. The predicted octanol–water partition coefficient (Wildman–Crippen LogP) is 4.57. The zero-order valence-electron chi connectivity index (χ0n) is 19.9. The molecule has 0 radical (unpaired) electrons. The van der Waals surface area contributed by atoms with Crippen LogP contribution >= 0.6 is 22.7 Å². The number of thiazole rings is 1. The molecule has 2 aromatic heterocycles. The second kappa shape index (κ2) is 12.7. The molecule has 37 heavy (non-hydrogen) atoms. The van der Waals surface area contributed by atoms with Gasteiger partial charge in [0.25, 0.3) is 11.3 Å². The maximum absolute atomic E-state index is 13.4. The molecule has 192 valence electrons. The van der Waals surface area contributed by atoms with Crippen LogP contribution in [-0.4, -0.2) is 31.6 Å². The molecule has 1 unspecified atom stereocenters. The summed E-state index contributed by atoms with van der Waals surface area (Å²) in [5.74, 6) is -0.589. The average molecular weight is 555 g/mol. The minimum Gasteiger partial charge on any atom is -0.346 e. The normalized spacial score (nSPS) is 13.4. The topological polar surface area (TPSA) is 120 Å². The van der Waals surface area contributed by atoms with E-state index in [4.69, 9.17) is 9.54 Å². The second-order valence-corrected chi connectivity index (χ2v) is 10.8. The molecular weight excluding hydrogens is 529 g/mol. The van der Waals surface area contributed by atoms with Crippen LogP contribution in [0.3, 0.4) is 0 Å². The number of hydrogen-bond donors (Lipinski definition) is 4. The summed E-state index contributed by atoms with van der Waals surface area (Å²) in [7, 11) is 0. The Morgan fingerprint density at radius 2 is 1.68 bits per heavy atom. The molecule has 0 fully saturated rings. The van der Waals surface area contributed by atoms with Crippen molar-refractivity contribution in [1.29, 1.82) is 0 Å². The molecule has 2 aromatic carbocycles. The molecule has 0 aliphatic rings. The molecule has 8 nitrogen and oxygen atoms in total. The van der Waals surface area contributed by atoms with Crippen molar-refractivity contribution >= 4 is 51.4 Å². The lowest BCUT2D eigenvalue weighted by Crippen LogP contribution is -2.48. The number of hydrogen-bond acceptors (Lipinski definition) is 6. The van der Waals surface area contributed by atoms with Crippen molar-refractivity contribution in [2.75, 3.05) is 4.72 Å². The Labute approximate surface area is 225 Å². The van der Waals surface area contributed by atoms with E-state index in [0.29, 0.717) is 18.5 Å². The Kier molecular flexibility index (Phi) is 9.18. The van der Waals surface area contributed by atoms with Crippen LogP contribution in [0.2, 0.25) is 0 Å². The van der Waals surface area contributed by atoms with E-state index < -0.39 is 23.4 Å². The van der Waals surface area contributed by atoms with Crippen molar-refractivity contribution in [3.05, 3.63) is 94.3 Å². The molecule has 0 aliphatic heterocycles. The highest BCUT2D eigenvalue weighted by Gasteiger charge is 2.25. The Morgan fingerprint density at radius 3 is 2.32 bits per heavy atom. The quantitative estimate of drug-likeness (QED) is 0.203. The Bertz CT molecular complexity index is 1340. The van der Waals surface area contributed by atoms with E-state index in [2.05, 4.69) is 15.4 Å². The molecule has 11 heteroatoms. The highest BCUT2D eigenvalue weighted by Crippen LogP contribution is 2.31. The second-order valence-electron chi connectivity index (χ2n) is 8.31. The largest absolute Gasteiger partial charge is 0.346 e. The van der Waals surface area contributed by atoms with E-state index in [9.17, 15) is 13.8 Å². The molecule has 0 saturated heterocycles. The lowest BCUT2D eigenvalue weighted by molar-refractivity contribution is -0.128. The van der Waals surface area contributed by atoms with E-state index in [0.717, 1.165) is 26.7 Å². The first kappa shape index (κ1) is 26.7. The summed E-state index contributed by atoms with van der Waals surface area (Å²) in [5, 5.41) is 10.7. The van der Waals surface area contributed by atoms with Crippen LogP contribution in [-0.2, 0) is 33.7 Å². The van der Waals surface area contributed by atoms with Crippen LogP contribution in [0.5, 0.6) is 0 Å². The number of rotatable bonds is 11.